The lowest BCUT2D eigenvalue weighted by Crippen LogP contribution is -2.23. The highest BCUT2D eigenvalue weighted by atomic mass is 32.2. The molecule has 1 amide bonds. The van der Waals surface area contributed by atoms with Crippen molar-refractivity contribution in [3.63, 3.8) is 0 Å². The van der Waals surface area contributed by atoms with Crippen molar-refractivity contribution in [3.8, 4) is 0 Å². The Hall–Kier alpha value is -1.78. The Balaban J connectivity index is 0.000000229. The lowest BCUT2D eigenvalue weighted by Gasteiger charge is -2.15. The molecule has 0 aliphatic heterocycles. The topological polar surface area (TPSA) is 32.3 Å². The summed E-state index contributed by atoms with van der Waals surface area (Å²) in [6, 6.07) is 14.0. The Bertz CT molecular complexity index is 695. The van der Waals surface area contributed by atoms with E-state index in [9.17, 15) is 4.79 Å². The summed E-state index contributed by atoms with van der Waals surface area (Å²) in [5.41, 5.74) is 1.39. The molecule has 0 heterocycles. The average Bonchev–Trinajstić information content (AvgIpc) is 3.31. The van der Waals surface area contributed by atoms with E-state index >= 15 is 0 Å². The summed E-state index contributed by atoms with van der Waals surface area (Å²) >= 11 is 1.72. The maximum atomic E-state index is 11.5. The van der Waals surface area contributed by atoms with Crippen LogP contribution in [0.2, 0.25) is 0 Å². The summed E-state index contributed by atoms with van der Waals surface area (Å²) in [5, 5.41) is 2.30. The van der Waals surface area contributed by atoms with Gasteiger partial charge in [0.15, 0.2) is 0 Å². The van der Waals surface area contributed by atoms with E-state index in [-0.39, 0.29) is 5.91 Å². The largest absolute Gasteiger partial charge is 0.312 e. The molecule has 1 aliphatic rings. The van der Waals surface area contributed by atoms with Gasteiger partial charge in [0, 0.05) is 18.3 Å². The zero-order chi connectivity index (χ0) is 16.9. The van der Waals surface area contributed by atoms with Crippen molar-refractivity contribution in [2.75, 3.05) is 18.2 Å². The third kappa shape index (κ3) is 4.85. The van der Waals surface area contributed by atoms with E-state index in [1.54, 1.807) is 23.9 Å². The minimum atomic E-state index is -0.102. The lowest BCUT2D eigenvalue weighted by molar-refractivity contribution is -0.113. The number of fused-ring (bicyclic) bond motifs is 1. The van der Waals surface area contributed by atoms with Crippen LogP contribution >= 0.6 is 11.9 Å². The van der Waals surface area contributed by atoms with Crippen molar-refractivity contribution in [1.82, 2.24) is 4.72 Å². The maximum absolute atomic E-state index is 11.5. The third-order valence-electron chi connectivity index (χ3n) is 3.97. The molecule has 23 heavy (non-hydrogen) atoms. The van der Waals surface area contributed by atoms with Crippen molar-refractivity contribution < 1.29 is 4.79 Å². The fraction of sp³-hybridized carbons (Fsp3) is 0.316. The van der Waals surface area contributed by atoms with Gasteiger partial charge in [0.05, 0.1) is 0 Å². The number of nitrogens with zero attached hydrogens (tertiary/aromatic N) is 1. The molecule has 4 heteroatoms. The smallest absolute Gasteiger partial charge is 0.250 e. The third-order valence-corrected chi connectivity index (χ3v) is 4.67. The van der Waals surface area contributed by atoms with Gasteiger partial charge in [-0.25, -0.2) is 0 Å². The van der Waals surface area contributed by atoms with Crippen molar-refractivity contribution >= 4 is 34.3 Å². The monoisotopic (exact) mass is 328 g/mol. The summed E-state index contributed by atoms with van der Waals surface area (Å²) < 4.78 is 3.31. The highest BCUT2D eigenvalue weighted by Gasteiger charge is 2.36. The molecule has 0 spiro atoms. The zero-order valence-electron chi connectivity index (χ0n) is 14.0. The fourth-order valence-corrected chi connectivity index (χ4v) is 2.88. The van der Waals surface area contributed by atoms with Crippen molar-refractivity contribution in [2.45, 2.75) is 25.3 Å². The molecule has 2 aromatic carbocycles. The Morgan fingerprint density at radius 1 is 1.26 bits per heavy atom. The van der Waals surface area contributed by atoms with Gasteiger partial charge < -0.3 is 4.90 Å². The van der Waals surface area contributed by atoms with Crippen LogP contribution in [-0.4, -0.2) is 24.7 Å². The van der Waals surface area contributed by atoms with Crippen LogP contribution in [-0.2, 0) is 4.79 Å². The van der Waals surface area contributed by atoms with E-state index in [0.717, 1.165) is 11.1 Å². The molecule has 1 fully saturated rings. The Morgan fingerprint density at radius 3 is 2.43 bits per heavy atom. The van der Waals surface area contributed by atoms with E-state index in [2.05, 4.69) is 30.5 Å². The van der Waals surface area contributed by atoms with Gasteiger partial charge in [-0.05, 0) is 55.0 Å². The number of nitrogens with one attached hydrogen (secondary N) is 1. The Kier molecular flexibility index (Phi) is 5.85. The SMILES string of the molecule is C=CC(=O)N(C)c1ccc2ccccc2c1.CSNC1(C)CC1. The molecule has 0 aromatic heterocycles. The number of likely N-dealkylation sites (N-methyl/N-ethyl adjacent to an activating group) is 1. The van der Waals surface area contributed by atoms with E-state index in [1.807, 2.05) is 36.4 Å². The molecule has 0 radical (unpaired) electrons. The minimum Gasteiger partial charge on any atom is -0.312 e. The molecule has 1 N–H and O–H groups in total. The predicted octanol–water partition coefficient (Wildman–Crippen LogP) is 4.40. The maximum Gasteiger partial charge on any atom is 0.250 e. The van der Waals surface area contributed by atoms with Crippen LogP contribution in [0.5, 0.6) is 0 Å². The second kappa shape index (κ2) is 7.66. The molecule has 0 unspecified atom stereocenters. The number of rotatable bonds is 4. The number of benzene rings is 2. The molecule has 3 nitrogen and oxygen atoms in total. The lowest BCUT2D eigenvalue weighted by atomic mass is 10.1. The van der Waals surface area contributed by atoms with Gasteiger partial charge >= 0.3 is 0 Å². The van der Waals surface area contributed by atoms with Crippen LogP contribution in [0.25, 0.3) is 10.8 Å². The van der Waals surface area contributed by atoms with Crippen LogP contribution in [0.4, 0.5) is 5.69 Å². The zero-order valence-corrected chi connectivity index (χ0v) is 14.8. The van der Waals surface area contributed by atoms with Gasteiger partial charge in [-0.1, -0.05) is 48.9 Å². The van der Waals surface area contributed by atoms with Gasteiger partial charge in [-0.15, -0.1) is 0 Å². The van der Waals surface area contributed by atoms with Gasteiger partial charge in [0.1, 0.15) is 0 Å². The Morgan fingerprint density at radius 2 is 1.91 bits per heavy atom. The Labute approximate surface area is 142 Å². The van der Waals surface area contributed by atoms with Gasteiger partial charge in [-0.3, -0.25) is 9.52 Å². The van der Waals surface area contributed by atoms with E-state index < -0.39 is 0 Å². The highest BCUT2D eigenvalue weighted by molar-refractivity contribution is 7.96. The number of carbonyl (C=O) groups excluding carboxylic acids is 1. The molecule has 2 aromatic rings. The van der Waals surface area contributed by atoms with E-state index in [0.29, 0.717) is 5.54 Å². The molecule has 0 atom stereocenters. The molecule has 1 aliphatic carbocycles. The number of amides is 1. The van der Waals surface area contributed by atoms with Gasteiger partial charge in [0.25, 0.3) is 0 Å². The minimum absolute atomic E-state index is 0.102. The van der Waals surface area contributed by atoms with Crippen LogP contribution in [0.1, 0.15) is 19.8 Å². The van der Waals surface area contributed by atoms with E-state index in [4.69, 9.17) is 0 Å². The summed E-state index contributed by atoms with van der Waals surface area (Å²) in [4.78, 5) is 13.0. The van der Waals surface area contributed by atoms with Crippen molar-refractivity contribution in [3.05, 3.63) is 55.1 Å². The quantitative estimate of drug-likeness (QED) is 0.667. The molecule has 0 bridgehead atoms. The normalized spacial score (nSPS) is 14.6. The van der Waals surface area contributed by atoms with Crippen molar-refractivity contribution in [1.29, 1.82) is 0 Å². The second-order valence-corrected chi connectivity index (χ2v) is 6.61. The summed E-state index contributed by atoms with van der Waals surface area (Å²) in [7, 11) is 1.74. The first-order valence-electron chi connectivity index (χ1n) is 7.68. The van der Waals surface area contributed by atoms with E-state index in [1.165, 1.54) is 24.3 Å². The summed E-state index contributed by atoms with van der Waals surface area (Å²) in [5.74, 6) is -0.102. The van der Waals surface area contributed by atoms with Crippen LogP contribution in [0.3, 0.4) is 0 Å². The van der Waals surface area contributed by atoms with Crippen LogP contribution in [0.15, 0.2) is 55.1 Å². The summed E-state index contributed by atoms with van der Waals surface area (Å²) in [6.45, 7) is 5.73. The first-order chi connectivity index (χ1) is 11.0. The van der Waals surface area contributed by atoms with Gasteiger partial charge in [0.2, 0.25) is 5.91 Å². The fourth-order valence-electron chi connectivity index (χ4n) is 2.19. The second-order valence-electron chi connectivity index (χ2n) is 6.00. The molecular weight excluding hydrogens is 304 g/mol. The average molecular weight is 328 g/mol. The number of hydrogen-bond acceptors (Lipinski definition) is 3. The van der Waals surface area contributed by atoms with Crippen LogP contribution in [0, 0.1) is 0 Å². The molecule has 3 rings (SSSR count). The highest BCUT2D eigenvalue weighted by Crippen LogP contribution is 2.35. The molecule has 122 valence electrons. The van der Waals surface area contributed by atoms with Crippen molar-refractivity contribution in [2.24, 2.45) is 0 Å². The number of anilines is 1. The molecular formula is C19H24N2OS. The number of carbonyl (C=O) groups is 1. The van der Waals surface area contributed by atoms with Gasteiger partial charge in [-0.2, -0.15) is 0 Å². The van der Waals surface area contributed by atoms with Crippen LogP contribution < -0.4 is 9.62 Å². The standard InChI is InChI=1S/C14H13NO.C5H11NS/c1-3-14(16)15(2)13-9-8-11-6-4-5-7-12(11)10-13;1-5(3-4-5)6-7-2/h3-10H,1H2,2H3;6H,3-4H2,1-2H3. The number of hydrogen-bond donors (Lipinski definition) is 1. The predicted molar refractivity (Wildman–Crippen MR) is 102 cm³/mol. The first kappa shape index (κ1) is 17.6. The first-order valence-corrected chi connectivity index (χ1v) is 8.91. The molecule has 1 saturated carbocycles. The molecule has 0 saturated heterocycles. The summed E-state index contributed by atoms with van der Waals surface area (Å²) in [6.07, 6.45) is 6.10.